The number of amides is 1. The van der Waals surface area contributed by atoms with Crippen LogP contribution in [0.4, 0.5) is 0 Å². The number of pyridine rings is 3. The van der Waals surface area contributed by atoms with Gasteiger partial charge < -0.3 is 5.32 Å². The van der Waals surface area contributed by atoms with Crippen LogP contribution in [0, 0.1) is 20.8 Å². The minimum absolute atomic E-state index is 0.0494. The number of carbonyl (C=O) groups excluding carboxylic acids is 2. The number of H-pyrrole nitrogens is 1. The molecule has 0 saturated heterocycles. The SMILES string of the molecule is CC(=O)c1c(Cl)cc(Cl)nc1C.Cc1nc(Cl)cc2c1C(=O)NC2.Cc1nc(Cl)cc2c1c(=O)[nH]n2C(c1ccccc1)(c1ccccc1)c1ccccc1. The second-order valence-electron chi connectivity index (χ2n) is 12.7. The fraction of sp³-hybridized carbons (Fsp3) is 0.143. The highest BCUT2D eigenvalue weighted by atomic mass is 35.5. The van der Waals surface area contributed by atoms with Crippen molar-refractivity contribution < 1.29 is 9.59 Å². The molecule has 3 aromatic carbocycles. The molecule has 0 spiro atoms. The number of nitrogens with one attached hydrogen (secondary N) is 2. The van der Waals surface area contributed by atoms with Gasteiger partial charge in [0.05, 0.1) is 44.1 Å². The van der Waals surface area contributed by atoms with E-state index >= 15 is 0 Å². The maximum absolute atomic E-state index is 13.1. The van der Waals surface area contributed by atoms with Gasteiger partial charge in [-0.3, -0.25) is 24.2 Å². The number of aromatic amines is 1. The summed E-state index contributed by atoms with van der Waals surface area (Å²) in [6, 6.07) is 35.5. The van der Waals surface area contributed by atoms with E-state index in [0.29, 0.717) is 66.1 Å². The Morgan fingerprint density at radius 1 is 0.673 bits per heavy atom. The molecule has 0 bridgehead atoms. The number of carbonyl (C=O) groups is 2. The van der Waals surface area contributed by atoms with Gasteiger partial charge in [0.25, 0.3) is 11.5 Å². The van der Waals surface area contributed by atoms with E-state index in [-0.39, 0.29) is 17.2 Å². The predicted molar refractivity (Wildman–Crippen MR) is 219 cm³/mol. The summed E-state index contributed by atoms with van der Waals surface area (Å²) in [4.78, 5) is 47.6. The van der Waals surface area contributed by atoms with Crippen LogP contribution < -0.4 is 10.9 Å². The zero-order valence-corrected chi connectivity index (χ0v) is 33.1. The summed E-state index contributed by atoms with van der Waals surface area (Å²) in [5, 5.41) is 7.84. The van der Waals surface area contributed by atoms with Gasteiger partial charge in [-0.2, -0.15) is 0 Å². The highest BCUT2D eigenvalue weighted by molar-refractivity contribution is 6.36. The number of halogens is 4. The Morgan fingerprint density at radius 2 is 1.15 bits per heavy atom. The summed E-state index contributed by atoms with van der Waals surface area (Å²) in [7, 11) is 0. The first-order valence-electron chi connectivity index (χ1n) is 17.1. The van der Waals surface area contributed by atoms with E-state index in [4.69, 9.17) is 46.4 Å². The van der Waals surface area contributed by atoms with Gasteiger partial charge in [-0.1, -0.05) is 137 Å². The number of nitrogens with zero attached hydrogens (tertiary/aromatic N) is 4. The molecule has 8 rings (SSSR count). The lowest BCUT2D eigenvalue weighted by atomic mass is 9.77. The summed E-state index contributed by atoms with van der Waals surface area (Å²) in [5.74, 6) is -0.145. The van der Waals surface area contributed by atoms with Crippen molar-refractivity contribution in [2.24, 2.45) is 0 Å². The van der Waals surface area contributed by atoms with Gasteiger partial charge in [-0.25, -0.2) is 15.0 Å². The van der Waals surface area contributed by atoms with Crippen molar-refractivity contribution in [3.05, 3.63) is 190 Å². The molecule has 0 saturated carbocycles. The van der Waals surface area contributed by atoms with Gasteiger partial charge in [0, 0.05) is 12.6 Å². The maximum Gasteiger partial charge on any atom is 0.273 e. The van der Waals surface area contributed by atoms with E-state index in [1.807, 2.05) is 66.2 Å². The molecule has 1 amide bonds. The lowest BCUT2D eigenvalue weighted by Gasteiger charge is -2.37. The zero-order valence-electron chi connectivity index (χ0n) is 30.1. The van der Waals surface area contributed by atoms with Crippen LogP contribution in [0.1, 0.15) is 67.0 Å². The van der Waals surface area contributed by atoms with Gasteiger partial charge in [0.2, 0.25) is 0 Å². The van der Waals surface area contributed by atoms with Crippen molar-refractivity contribution in [1.29, 1.82) is 0 Å². The van der Waals surface area contributed by atoms with E-state index in [1.54, 1.807) is 26.0 Å². The Hall–Kier alpha value is -5.32. The normalized spacial score (nSPS) is 11.9. The Labute approximate surface area is 337 Å². The first-order chi connectivity index (χ1) is 26.3. The van der Waals surface area contributed by atoms with Crippen LogP contribution in [-0.2, 0) is 12.1 Å². The number of hydrogen-bond donors (Lipinski definition) is 2. The largest absolute Gasteiger partial charge is 0.348 e. The molecule has 0 aliphatic carbocycles. The van der Waals surface area contributed by atoms with Crippen LogP contribution in [0.5, 0.6) is 0 Å². The number of aromatic nitrogens is 5. The average Bonchev–Trinajstić information content (AvgIpc) is 3.69. The Bertz CT molecular complexity index is 2460. The molecule has 0 radical (unpaired) electrons. The third kappa shape index (κ3) is 7.93. The van der Waals surface area contributed by atoms with Crippen molar-refractivity contribution in [1.82, 2.24) is 30.0 Å². The van der Waals surface area contributed by atoms with Crippen molar-refractivity contribution in [2.75, 3.05) is 0 Å². The quantitative estimate of drug-likeness (QED) is 0.101. The number of hydrogen-bond acceptors (Lipinski definition) is 6. The molecule has 0 unspecified atom stereocenters. The number of benzene rings is 3. The molecule has 1 aliphatic heterocycles. The number of rotatable bonds is 5. The molecule has 4 aromatic heterocycles. The molecule has 9 nitrogen and oxygen atoms in total. The molecule has 5 heterocycles. The number of Topliss-reactive ketones (excluding diaryl/α,β-unsaturated/α-hetero) is 1. The molecule has 0 fully saturated rings. The average molecular weight is 813 g/mol. The fourth-order valence-electron chi connectivity index (χ4n) is 6.91. The lowest BCUT2D eigenvalue weighted by Crippen LogP contribution is -2.39. The third-order valence-corrected chi connectivity index (χ3v) is 10.0. The van der Waals surface area contributed by atoms with Crippen LogP contribution in [0.3, 0.4) is 0 Å². The molecule has 1 aliphatic rings. The Morgan fingerprint density at radius 3 is 1.65 bits per heavy atom. The molecule has 55 heavy (non-hydrogen) atoms. The van der Waals surface area contributed by atoms with Crippen molar-refractivity contribution >= 4 is 69.0 Å². The molecule has 278 valence electrons. The monoisotopic (exact) mass is 810 g/mol. The maximum atomic E-state index is 13.1. The van der Waals surface area contributed by atoms with Gasteiger partial charge in [0.1, 0.15) is 21.0 Å². The van der Waals surface area contributed by atoms with E-state index in [2.05, 4.69) is 61.8 Å². The van der Waals surface area contributed by atoms with Gasteiger partial charge in [-0.05, 0) is 62.1 Å². The summed E-state index contributed by atoms with van der Waals surface area (Å²) in [6.45, 7) is 7.31. The molecule has 7 aromatic rings. The van der Waals surface area contributed by atoms with Crippen LogP contribution in [-0.4, -0.2) is 36.4 Å². The first kappa shape index (κ1) is 39.4. The van der Waals surface area contributed by atoms with Gasteiger partial charge in [-0.15, -0.1) is 0 Å². The Balaban J connectivity index is 0.000000175. The molecular formula is C42H34Cl4N6O3. The van der Waals surface area contributed by atoms with Crippen LogP contribution in [0.15, 0.2) is 114 Å². The topological polar surface area (TPSA) is 123 Å². The summed E-state index contributed by atoms with van der Waals surface area (Å²) in [5.41, 5.74) is 6.70. The number of fused-ring (bicyclic) bond motifs is 2. The molecule has 13 heteroatoms. The van der Waals surface area contributed by atoms with E-state index in [1.165, 1.54) is 13.0 Å². The Kier molecular flexibility index (Phi) is 11.9. The second-order valence-corrected chi connectivity index (χ2v) is 14.3. The zero-order chi connectivity index (χ0) is 39.4. The second kappa shape index (κ2) is 16.6. The van der Waals surface area contributed by atoms with Gasteiger partial charge >= 0.3 is 0 Å². The molecular weight excluding hydrogens is 778 g/mol. The minimum Gasteiger partial charge on any atom is -0.348 e. The highest BCUT2D eigenvalue weighted by Crippen LogP contribution is 2.42. The summed E-state index contributed by atoms with van der Waals surface area (Å²) in [6.07, 6.45) is 0. The lowest BCUT2D eigenvalue weighted by molar-refractivity contribution is 0.0963. The fourth-order valence-corrected chi connectivity index (χ4v) is 8.07. The number of aryl methyl sites for hydroxylation is 3. The minimum atomic E-state index is -0.818. The van der Waals surface area contributed by atoms with Crippen LogP contribution >= 0.6 is 46.4 Å². The smallest absolute Gasteiger partial charge is 0.273 e. The van der Waals surface area contributed by atoms with Gasteiger partial charge in [0.15, 0.2) is 5.78 Å². The van der Waals surface area contributed by atoms with Crippen molar-refractivity contribution in [2.45, 2.75) is 39.8 Å². The van der Waals surface area contributed by atoms with Crippen LogP contribution in [0.25, 0.3) is 10.9 Å². The van der Waals surface area contributed by atoms with Crippen molar-refractivity contribution in [3.63, 3.8) is 0 Å². The summed E-state index contributed by atoms with van der Waals surface area (Å²) < 4.78 is 1.94. The first-order valence-corrected chi connectivity index (χ1v) is 18.6. The summed E-state index contributed by atoms with van der Waals surface area (Å²) >= 11 is 23.5. The highest BCUT2D eigenvalue weighted by Gasteiger charge is 2.40. The third-order valence-electron chi connectivity index (χ3n) is 9.13. The van der Waals surface area contributed by atoms with E-state index in [0.717, 1.165) is 22.3 Å². The van der Waals surface area contributed by atoms with Crippen molar-refractivity contribution in [3.8, 4) is 0 Å². The van der Waals surface area contributed by atoms with E-state index in [9.17, 15) is 14.4 Å². The number of ketones is 1. The predicted octanol–water partition coefficient (Wildman–Crippen LogP) is 9.71. The van der Waals surface area contributed by atoms with E-state index < -0.39 is 5.54 Å². The van der Waals surface area contributed by atoms with Crippen LogP contribution in [0.2, 0.25) is 20.5 Å². The standard InChI is InChI=1S/C26H20ClN3O.C8H7Cl2NO.C8H7ClN2O/c1-18-24-22(17-23(27)28-18)30(29-25(24)31)26(19-11-5-2-6-12-19,20-13-7-3-8-14-20)21-15-9-4-10-16-21;1-4-8(5(2)12)6(9)3-7(10)11-4;1-4-7-5(2-6(9)11-4)3-10-8(7)12/h2-17H,1H3,(H,29,31);3H,1-2H3;2H,3H2,1H3,(H,10,12). The molecule has 2 N–H and O–H groups in total. The molecule has 0 atom stereocenters.